The van der Waals surface area contributed by atoms with Crippen molar-refractivity contribution >= 4 is 40.7 Å². The van der Waals surface area contributed by atoms with Gasteiger partial charge in [-0.2, -0.15) is 0 Å². The van der Waals surface area contributed by atoms with Gasteiger partial charge in [-0.25, -0.2) is 4.90 Å². The van der Waals surface area contributed by atoms with Gasteiger partial charge in [0.25, 0.3) is 0 Å². The molecular formula is C16H13Cl2NO2. The van der Waals surface area contributed by atoms with Gasteiger partial charge in [0.2, 0.25) is 11.8 Å². The summed E-state index contributed by atoms with van der Waals surface area (Å²) in [5.74, 6) is -0.289. The monoisotopic (exact) mass is 321 g/mol. The van der Waals surface area contributed by atoms with Crippen LogP contribution in [0.1, 0.15) is 12.8 Å². The Balaban J connectivity index is 1.78. The molecule has 2 amide bonds. The summed E-state index contributed by atoms with van der Waals surface area (Å²) in [7, 11) is 0. The number of anilines is 1. The quantitative estimate of drug-likeness (QED) is 0.584. The van der Waals surface area contributed by atoms with Gasteiger partial charge in [-0.05, 0) is 42.9 Å². The zero-order valence-electron chi connectivity index (χ0n) is 11.1. The van der Waals surface area contributed by atoms with Crippen LogP contribution in [0.5, 0.6) is 0 Å². The second-order valence-corrected chi connectivity index (χ2v) is 6.79. The van der Waals surface area contributed by atoms with Crippen molar-refractivity contribution in [1.29, 1.82) is 0 Å². The Bertz CT molecular complexity index is 653. The van der Waals surface area contributed by atoms with Crippen LogP contribution >= 0.6 is 23.2 Å². The van der Waals surface area contributed by atoms with Crippen molar-refractivity contribution in [1.82, 2.24) is 0 Å². The highest BCUT2D eigenvalue weighted by Gasteiger charge is 2.57. The van der Waals surface area contributed by atoms with Crippen LogP contribution in [0.3, 0.4) is 0 Å². The molecular weight excluding hydrogens is 309 g/mol. The molecule has 1 saturated carbocycles. The number of hydrogen-bond donors (Lipinski definition) is 0. The van der Waals surface area contributed by atoms with Crippen molar-refractivity contribution in [2.24, 2.45) is 23.7 Å². The van der Waals surface area contributed by atoms with Crippen LogP contribution in [-0.2, 0) is 9.59 Å². The van der Waals surface area contributed by atoms with Gasteiger partial charge in [0.05, 0.1) is 22.5 Å². The van der Waals surface area contributed by atoms with E-state index in [1.807, 2.05) is 0 Å². The van der Waals surface area contributed by atoms with E-state index in [1.165, 1.54) is 4.90 Å². The Morgan fingerprint density at radius 3 is 2.00 bits per heavy atom. The van der Waals surface area contributed by atoms with Gasteiger partial charge in [0, 0.05) is 5.02 Å². The van der Waals surface area contributed by atoms with Crippen LogP contribution in [-0.4, -0.2) is 11.8 Å². The van der Waals surface area contributed by atoms with E-state index in [0.29, 0.717) is 15.7 Å². The molecule has 0 aromatic heterocycles. The summed E-state index contributed by atoms with van der Waals surface area (Å²) in [5, 5.41) is 0.824. The van der Waals surface area contributed by atoms with Crippen molar-refractivity contribution in [2.45, 2.75) is 12.8 Å². The van der Waals surface area contributed by atoms with Crippen molar-refractivity contribution < 1.29 is 9.59 Å². The van der Waals surface area contributed by atoms with E-state index in [0.717, 1.165) is 12.8 Å². The van der Waals surface area contributed by atoms with E-state index in [9.17, 15) is 9.59 Å². The number of carbonyl (C=O) groups excluding carboxylic acids is 2. The topological polar surface area (TPSA) is 37.4 Å². The van der Waals surface area contributed by atoms with Crippen LogP contribution in [0.2, 0.25) is 10.0 Å². The Hall–Kier alpha value is -1.32. The van der Waals surface area contributed by atoms with E-state index < -0.39 is 0 Å². The first-order valence-corrected chi connectivity index (χ1v) is 7.84. The molecule has 108 valence electrons. The van der Waals surface area contributed by atoms with Gasteiger partial charge in [0.15, 0.2) is 0 Å². The molecule has 1 aromatic rings. The minimum Gasteiger partial charge on any atom is -0.274 e. The number of rotatable bonds is 1. The number of amides is 2. The minimum atomic E-state index is -0.215. The molecule has 3 aliphatic carbocycles. The molecule has 0 N–H and O–H groups in total. The lowest BCUT2D eigenvalue weighted by Gasteiger charge is -2.38. The molecule has 4 aliphatic rings. The van der Waals surface area contributed by atoms with Crippen LogP contribution in [0.15, 0.2) is 30.4 Å². The minimum absolute atomic E-state index is 0.117. The summed E-state index contributed by atoms with van der Waals surface area (Å²) < 4.78 is 0. The molecule has 1 saturated heterocycles. The zero-order valence-corrected chi connectivity index (χ0v) is 12.6. The average Bonchev–Trinajstić information content (AvgIpc) is 2.75. The fraction of sp³-hybridized carbons (Fsp3) is 0.375. The lowest BCUT2D eigenvalue weighted by molar-refractivity contribution is -0.124. The van der Waals surface area contributed by atoms with Crippen LogP contribution in [0.4, 0.5) is 5.69 Å². The summed E-state index contributed by atoms with van der Waals surface area (Å²) in [6, 6.07) is 4.86. The average molecular weight is 322 g/mol. The predicted molar refractivity (Wildman–Crippen MR) is 81.3 cm³/mol. The van der Waals surface area contributed by atoms with Gasteiger partial charge >= 0.3 is 0 Å². The Kier molecular flexibility index (Phi) is 2.92. The molecule has 4 atom stereocenters. The van der Waals surface area contributed by atoms with Gasteiger partial charge in [-0.3, -0.25) is 9.59 Å². The van der Waals surface area contributed by atoms with Crippen molar-refractivity contribution in [2.75, 3.05) is 4.90 Å². The standard InChI is InChI=1S/C16H13Cl2NO2/c17-10-5-6-12(11(18)7-10)19-15(20)13-8-1-2-9(4-3-8)14(13)16(19)21/h1-2,5-9,13-14H,3-4H2/t8-,9-,13+,14+/m0/s1. The smallest absolute Gasteiger partial charge is 0.238 e. The number of halogens is 2. The van der Waals surface area contributed by atoms with E-state index in [2.05, 4.69) is 12.2 Å². The maximum Gasteiger partial charge on any atom is 0.238 e. The first kappa shape index (κ1) is 13.4. The molecule has 1 heterocycles. The molecule has 0 unspecified atom stereocenters. The Morgan fingerprint density at radius 2 is 1.52 bits per heavy atom. The highest BCUT2D eigenvalue weighted by molar-refractivity contribution is 6.38. The highest BCUT2D eigenvalue weighted by Crippen LogP contribution is 2.51. The van der Waals surface area contributed by atoms with Gasteiger partial charge in [-0.15, -0.1) is 0 Å². The molecule has 2 bridgehead atoms. The fourth-order valence-electron chi connectivity index (χ4n) is 3.97. The van der Waals surface area contributed by atoms with Crippen molar-refractivity contribution in [3.63, 3.8) is 0 Å². The van der Waals surface area contributed by atoms with Crippen molar-refractivity contribution in [3.8, 4) is 0 Å². The fourth-order valence-corrected chi connectivity index (χ4v) is 4.47. The molecule has 0 radical (unpaired) electrons. The summed E-state index contributed by atoms with van der Waals surface area (Å²) in [6.07, 6.45) is 6.19. The lowest BCUT2D eigenvalue weighted by Crippen LogP contribution is -2.38. The molecule has 2 fully saturated rings. The predicted octanol–water partition coefficient (Wildman–Crippen LogP) is 3.70. The van der Waals surface area contributed by atoms with Crippen LogP contribution < -0.4 is 4.90 Å². The van der Waals surface area contributed by atoms with Gasteiger partial charge in [-0.1, -0.05) is 35.4 Å². The molecule has 5 heteroatoms. The zero-order chi connectivity index (χ0) is 14.7. The molecule has 1 aromatic carbocycles. The first-order valence-electron chi connectivity index (χ1n) is 7.09. The molecule has 21 heavy (non-hydrogen) atoms. The Labute approximate surface area is 132 Å². The van der Waals surface area contributed by atoms with Gasteiger partial charge < -0.3 is 0 Å². The third-order valence-electron chi connectivity index (χ3n) is 4.91. The number of benzene rings is 1. The largest absolute Gasteiger partial charge is 0.274 e. The maximum atomic E-state index is 12.8. The van der Waals surface area contributed by atoms with E-state index in [-0.39, 0.29) is 35.5 Å². The number of carbonyl (C=O) groups is 2. The number of hydrogen-bond acceptors (Lipinski definition) is 2. The van der Waals surface area contributed by atoms with Crippen LogP contribution in [0, 0.1) is 23.7 Å². The summed E-state index contributed by atoms with van der Waals surface area (Å²) >= 11 is 12.1. The maximum absolute atomic E-state index is 12.8. The SMILES string of the molecule is O=C1[C@H]2[C@H](C(=O)N1c1ccc(Cl)cc1Cl)[C@H]1C=C[C@H]2CC1. The van der Waals surface area contributed by atoms with Gasteiger partial charge in [0.1, 0.15) is 0 Å². The van der Waals surface area contributed by atoms with Crippen molar-refractivity contribution in [3.05, 3.63) is 40.4 Å². The third kappa shape index (κ3) is 1.80. The highest BCUT2D eigenvalue weighted by atomic mass is 35.5. The number of nitrogens with zero attached hydrogens (tertiary/aromatic N) is 1. The van der Waals surface area contributed by atoms with E-state index >= 15 is 0 Å². The molecule has 3 nitrogen and oxygen atoms in total. The number of allylic oxidation sites excluding steroid dienone is 2. The van der Waals surface area contributed by atoms with Crippen LogP contribution in [0.25, 0.3) is 0 Å². The normalized spacial score (nSPS) is 33.7. The first-order chi connectivity index (χ1) is 10.1. The summed E-state index contributed by atoms with van der Waals surface area (Å²) in [5.41, 5.74) is 0.449. The third-order valence-corrected chi connectivity index (χ3v) is 5.45. The number of fused-ring (bicyclic) bond motifs is 1. The second kappa shape index (κ2) is 4.59. The molecule has 0 spiro atoms. The summed E-state index contributed by atoms with van der Waals surface area (Å²) in [4.78, 5) is 26.8. The Morgan fingerprint density at radius 1 is 0.952 bits per heavy atom. The second-order valence-electron chi connectivity index (χ2n) is 5.95. The molecule has 5 rings (SSSR count). The molecule has 1 aliphatic heterocycles. The van der Waals surface area contributed by atoms with E-state index in [1.54, 1.807) is 18.2 Å². The lowest BCUT2D eigenvalue weighted by atomic mass is 9.63. The number of imide groups is 1. The van der Waals surface area contributed by atoms with E-state index in [4.69, 9.17) is 23.2 Å². The summed E-state index contributed by atoms with van der Waals surface area (Å²) in [6.45, 7) is 0.